The number of amides is 1. The minimum atomic E-state index is -0.270. The molecule has 0 saturated carbocycles. The number of hydrogen-bond acceptors (Lipinski definition) is 3. The number of carbonyl (C=O) groups excluding carboxylic acids is 1. The summed E-state index contributed by atoms with van der Waals surface area (Å²) >= 11 is 0. The molecular formula is C16H24FN3O. The summed E-state index contributed by atoms with van der Waals surface area (Å²) in [6, 6.07) is 5.12. The molecule has 0 spiro atoms. The van der Waals surface area contributed by atoms with Crippen LogP contribution in [-0.4, -0.2) is 25.5 Å². The summed E-state index contributed by atoms with van der Waals surface area (Å²) in [5.74, 6) is -0.0874. The first kappa shape index (κ1) is 15.8. The van der Waals surface area contributed by atoms with E-state index in [0.717, 1.165) is 25.2 Å². The van der Waals surface area contributed by atoms with Crippen LogP contribution in [0.3, 0.4) is 0 Å². The summed E-state index contributed by atoms with van der Waals surface area (Å²) in [7, 11) is 0. The summed E-state index contributed by atoms with van der Waals surface area (Å²) < 4.78 is 14.1. The molecule has 1 amide bonds. The summed E-state index contributed by atoms with van der Waals surface area (Å²) in [6.07, 6.45) is 0.741. The van der Waals surface area contributed by atoms with Crippen molar-refractivity contribution in [1.29, 1.82) is 0 Å². The van der Waals surface area contributed by atoms with Crippen LogP contribution < -0.4 is 16.0 Å². The third-order valence-corrected chi connectivity index (χ3v) is 3.88. The number of benzene rings is 1. The van der Waals surface area contributed by atoms with Crippen LogP contribution in [0, 0.1) is 17.7 Å². The van der Waals surface area contributed by atoms with Crippen LogP contribution in [0.1, 0.15) is 25.8 Å². The first-order chi connectivity index (χ1) is 9.99. The quantitative estimate of drug-likeness (QED) is 0.842. The van der Waals surface area contributed by atoms with E-state index < -0.39 is 0 Å². The number of rotatable bonds is 6. The van der Waals surface area contributed by atoms with Crippen molar-refractivity contribution in [1.82, 2.24) is 5.32 Å². The number of carbonyl (C=O) groups is 1. The lowest BCUT2D eigenvalue weighted by Gasteiger charge is -2.22. The fourth-order valence-corrected chi connectivity index (χ4v) is 2.72. The van der Waals surface area contributed by atoms with Crippen molar-refractivity contribution in [3.63, 3.8) is 0 Å². The van der Waals surface area contributed by atoms with Gasteiger partial charge in [-0.3, -0.25) is 4.79 Å². The van der Waals surface area contributed by atoms with E-state index in [4.69, 9.17) is 5.73 Å². The zero-order valence-corrected chi connectivity index (χ0v) is 12.7. The van der Waals surface area contributed by atoms with Gasteiger partial charge in [0.25, 0.3) is 0 Å². The minimum absolute atomic E-state index is 0.134. The number of anilines is 1. The molecular weight excluding hydrogens is 269 g/mol. The van der Waals surface area contributed by atoms with Gasteiger partial charge in [-0.1, -0.05) is 19.9 Å². The molecule has 1 aromatic carbocycles. The molecule has 0 aliphatic carbocycles. The van der Waals surface area contributed by atoms with Crippen molar-refractivity contribution >= 4 is 11.6 Å². The van der Waals surface area contributed by atoms with Crippen LogP contribution in [0.2, 0.25) is 0 Å². The summed E-state index contributed by atoms with van der Waals surface area (Å²) in [4.78, 5) is 13.3. The Kier molecular flexibility index (Phi) is 5.17. The number of nitrogens with zero attached hydrogens (tertiary/aromatic N) is 1. The van der Waals surface area contributed by atoms with E-state index in [9.17, 15) is 9.18 Å². The largest absolute Gasteiger partial charge is 0.370 e. The summed E-state index contributed by atoms with van der Waals surface area (Å²) in [6.45, 7) is 6.90. The van der Waals surface area contributed by atoms with Crippen molar-refractivity contribution in [3.8, 4) is 0 Å². The highest BCUT2D eigenvalue weighted by Gasteiger charge is 2.28. The number of nitrogens with two attached hydrogens (primary N) is 1. The van der Waals surface area contributed by atoms with Gasteiger partial charge in [0.05, 0.1) is 5.92 Å². The van der Waals surface area contributed by atoms with E-state index in [0.29, 0.717) is 24.6 Å². The van der Waals surface area contributed by atoms with Crippen LogP contribution in [0.25, 0.3) is 0 Å². The van der Waals surface area contributed by atoms with E-state index in [1.807, 2.05) is 6.07 Å². The highest BCUT2D eigenvalue weighted by Crippen LogP contribution is 2.28. The van der Waals surface area contributed by atoms with Gasteiger partial charge >= 0.3 is 0 Å². The fourth-order valence-electron chi connectivity index (χ4n) is 2.72. The Bertz CT molecular complexity index is 504. The second kappa shape index (κ2) is 6.89. The van der Waals surface area contributed by atoms with E-state index in [1.165, 1.54) is 6.07 Å². The highest BCUT2D eigenvalue weighted by molar-refractivity contribution is 5.78. The molecule has 3 N–H and O–H groups in total. The van der Waals surface area contributed by atoms with Gasteiger partial charge in [-0.25, -0.2) is 4.39 Å². The van der Waals surface area contributed by atoms with Crippen molar-refractivity contribution in [3.05, 3.63) is 29.6 Å². The van der Waals surface area contributed by atoms with Crippen LogP contribution >= 0.6 is 0 Å². The number of hydrogen-bond donors (Lipinski definition) is 2. The van der Waals surface area contributed by atoms with Gasteiger partial charge in [0, 0.05) is 30.9 Å². The van der Waals surface area contributed by atoms with Gasteiger partial charge in [0.1, 0.15) is 5.82 Å². The lowest BCUT2D eigenvalue weighted by Crippen LogP contribution is -2.28. The monoisotopic (exact) mass is 293 g/mol. The topological polar surface area (TPSA) is 58.4 Å². The van der Waals surface area contributed by atoms with Crippen molar-refractivity contribution in [2.24, 2.45) is 17.6 Å². The molecule has 1 atom stereocenters. The SMILES string of the molecule is CC(C)CNCc1c(F)cccc1N1CCC(C(N)=O)C1. The maximum absolute atomic E-state index is 14.1. The molecule has 1 fully saturated rings. The number of primary amides is 1. The zero-order valence-electron chi connectivity index (χ0n) is 12.7. The lowest BCUT2D eigenvalue weighted by molar-refractivity contribution is -0.121. The zero-order chi connectivity index (χ0) is 15.4. The van der Waals surface area contributed by atoms with Gasteiger partial charge in [-0.05, 0) is 31.0 Å². The molecule has 1 aromatic rings. The van der Waals surface area contributed by atoms with Crippen LogP contribution in [0.4, 0.5) is 10.1 Å². The van der Waals surface area contributed by atoms with Gasteiger partial charge in [-0.2, -0.15) is 0 Å². The predicted octanol–water partition coefficient (Wildman–Crippen LogP) is 1.88. The second-order valence-corrected chi connectivity index (χ2v) is 6.10. The Morgan fingerprint density at radius 1 is 1.52 bits per heavy atom. The Hall–Kier alpha value is -1.62. The average molecular weight is 293 g/mol. The number of halogens is 1. The standard InChI is InChI=1S/C16H24FN3O/c1-11(2)8-19-9-13-14(17)4-3-5-15(13)20-7-6-12(10-20)16(18)21/h3-5,11-12,19H,6-10H2,1-2H3,(H2,18,21). The number of nitrogens with one attached hydrogen (secondary N) is 1. The molecule has 1 aliphatic rings. The van der Waals surface area contributed by atoms with Gasteiger partial charge in [-0.15, -0.1) is 0 Å². The molecule has 0 aromatic heterocycles. The van der Waals surface area contributed by atoms with E-state index >= 15 is 0 Å². The molecule has 2 rings (SSSR count). The molecule has 1 aliphatic heterocycles. The minimum Gasteiger partial charge on any atom is -0.370 e. The smallest absolute Gasteiger partial charge is 0.222 e. The van der Waals surface area contributed by atoms with E-state index in [2.05, 4.69) is 24.1 Å². The molecule has 1 unspecified atom stereocenters. The Labute approximate surface area is 125 Å². The normalized spacial score (nSPS) is 18.5. The molecule has 0 bridgehead atoms. The van der Waals surface area contributed by atoms with Gasteiger partial charge in [0.2, 0.25) is 5.91 Å². The maximum Gasteiger partial charge on any atom is 0.222 e. The van der Waals surface area contributed by atoms with Crippen molar-refractivity contribution < 1.29 is 9.18 Å². The van der Waals surface area contributed by atoms with Crippen molar-refractivity contribution in [2.75, 3.05) is 24.5 Å². The molecule has 116 valence electrons. The molecule has 1 heterocycles. The highest BCUT2D eigenvalue weighted by atomic mass is 19.1. The van der Waals surface area contributed by atoms with E-state index in [1.54, 1.807) is 6.07 Å². The molecule has 5 heteroatoms. The molecule has 0 radical (unpaired) electrons. The Morgan fingerprint density at radius 2 is 2.29 bits per heavy atom. The lowest BCUT2D eigenvalue weighted by atomic mass is 10.1. The Morgan fingerprint density at radius 3 is 2.90 bits per heavy atom. The summed E-state index contributed by atoms with van der Waals surface area (Å²) in [5, 5.41) is 3.28. The van der Waals surface area contributed by atoms with Gasteiger partial charge in [0.15, 0.2) is 0 Å². The van der Waals surface area contributed by atoms with E-state index in [-0.39, 0.29) is 17.6 Å². The Balaban J connectivity index is 2.12. The summed E-state index contributed by atoms with van der Waals surface area (Å²) in [5.41, 5.74) is 6.91. The third-order valence-electron chi connectivity index (χ3n) is 3.88. The van der Waals surface area contributed by atoms with Crippen LogP contribution in [-0.2, 0) is 11.3 Å². The fraction of sp³-hybridized carbons (Fsp3) is 0.562. The first-order valence-electron chi connectivity index (χ1n) is 7.51. The van der Waals surface area contributed by atoms with Crippen LogP contribution in [0.5, 0.6) is 0 Å². The average Bonchev–Trinajstić information content (AvgIpc) is 2.90. The van der Waals surface area contributed by atoms with Crippen LogP contribution in [0.15, 0.2) is 18.2 Å². The van der Waals surface area contributed by atoms with Gasteiger partial charge < -0.3 is 16.0 Å². The second-order valence-electron chi connectivity index (χ2n) is 6.10. The predicted molar refractivity (Wildman–Crippen MR) is 82.5 cm³/mol. The molecule has 1 saturated heterocycles. The third kappa shape index (κ3) is 3.94. The maximum atomic E-state index is 14.1. The molecule has 21 heavy (non-hydrogen) atoms. The first-order valence-corrected chi connectivity index (χ1v) is 7.51. The molecule has 4 nitrogen and oxygen atoms in total. The van der Waals surface area contributed by atoms with Crippen molar-refractivity contribution in [2.45, 2.75) is 26.8 Å².